The second kappa shape index (κ2) is 10.2. The van der Waals surface area contributed by atoms with Gasteiger partial charge >= 0.3 is 0 Å². The molecule has 0 unspecified atom stereocenters. The third kappa shape index (κ3) is 5.09. The van der Waals surface area contributed by atoms with Crippen LogP contribution in [0.15, 0.2) is 84.0 Å². The van der Waals surface area contributed by atoms with Gasteiger partial charge in [-0.25, -0.2) is 8.42 Å². The Bertz CT molecular complexity index is 1230. The molecule has 2 aromatic carbocycles. The number of anilines is 1. The predicted molar refractivity (Wildman–Crippen MR) is 136 cm³/mol. The lowest BCUT2D eigenvalue weighted by atomic mass is 9.94. The lowest BCUT2D eigenvalue weighted by Gasteiger charge is -2.38. The van der Waals surface area contributed by atoms with Gasteiger partial charge in [-0.05, 0) is 48.2 Å². The van der Waals surface area contributed by atoms with E-state index in [9.17, 15) is 13.2 Å². The Kier molecular flexibility index (Phi) is 6.83. The molecule has 0 atom stereocenters. The molecule has 0 spiro atoms. The molecule has 3 heterocycles. The zero-order chi connectivity index (χ0) is 24.3. The second-order valence-electron chi connectivity index (χ2n) is 9.09. The van der Waals surface area contributed by atoms with Crippen molar-refractivity contribution >= 4 is 21.6 Å². The summed E-state index contributed by atoms with van der Waals surface area (Å²) in [5.41, 5.74) is 3.17. The zero-order valence-corrected chi connectivity index (χ0v) is 20.5. The molecule has 0 bridgehead atoms. The number of carbonyl (C=O) groups excluding carboxylic acids is 1. The number of nitrogens with zero attached hydrogens (tertiary/aromatic N) is 4. The number of piperidine rings is 1. The lowest BCUT2D eigenvalue weighted by molar-refractivity contribution is -0.137. The van der Waals surface area contributed by atoms with Gasteiger partial charge < -0.3 is 9.80 Å². The quantitative estimate of drug-likeness (QED) is 0.547. The number of sulfonamides is 1. The van der Waals surface area contributed by atoms with Gasteiger partial charge in [0, 0.05) is 63.3 Å². The van der Waals surface area contributed by atoms with Crippen LogP contribution in [0.3, 0.4) is 0 Å². The van der Waals surface area contributed by atoms with Crippen LogP contribution in [0, 0.1) is 5.92 Å². The second-order valence-corrected chi connectivity index (χ2v) is 11.0. The van der Waals surface area contributed by atoms with Crippen LogP contribution in [0.4, 0.5) is 5.69 Å². The molecule has 2 aliphatic rings. The van der Waals surface area contributed by atoms with Crippen molar-refractivity contribution in [1.29, 1.82) is 0 Å². The maximum absolute atomic E-state index is 13.2. The Balaban J connectivity index is 1.16. The van der Waals surface area contributed by atoms with Crippen LogP contribution in [0.25, 0.3) is 11.1 Å². The van der Waals surface area contributed by atoms with Gasteiger partial charge in [0.25, 0.3) is 0 Å². The van der Waals surface area contributed by atoms with E-state index in [2.05, 4.69) is 9.88 Å². The Hall–Kier alpha value is -3.23. The summed E-state index contributed by atoms with van der Waals surface area (Å²) in [6.45, 7) is 3.20. The van der Waals surface area contributed by atoms with E-state index in [0.29, 0.717) is 31.1 Å². The van der Waals surface area contributed by atoms with Gasteiger partial charge in [0.1, 0.15) is 0 Å². The summed E-state index contributed by atoms with van der Waals surface area (Å²) in [5, 5.41) is 0. The van der Waals surface area contributed by atoms with E-state index in [0.717, 1.165) is 42.7 Å². The highest BCUT2D eigenvalue weighted by molar-refractivity contribution is 7.89. The Morgan fingerprint density at radius 3 is 1.97 bits per heavy atom. The SMILES string of the molecule is O=C(C1CCN(c2ccncc2)CC1)N1CCN(S(=O)(=O)c2ccc(-c3ccccc3)cc2)CC1. The monoisotopic (exact) mass is 490 g/mol. The number of piperazine rings is 1. The Morgan fingerprint density at radius 2 is 1.34 bits per heavy atom. The molecule has 0 radical (unpaired) electrons. The van der Waals surface area contributed by atoms with Crippen molar-refractivity contribution in [1.82, 2.24) is 14.2 Å². The summed E-state index contributed by atoms with van der Waals surface area (Å²) in [6.07, 6.45) is 5.20. The minimum Gasteiger partial charge on any atom is -0.371 e. The van der Waals surface area contributed by atoms with Crippen molar-refractivity contribution in [3.8, 4) is 11.1 Å². The number of carbonyl (C=O) groups is 1. The molecule has 1 amide bonds. The summed E-state index contributed by atoms with van der Waals surface area (Å²) < 4.78 is 27.9. The average Bonchev–Trinajstić information content (AvgIpc) is 2.94. The summed E-state index contributed by atoms with van der Waals surface area (Å²) >= 11 is 0. The number of hydrogen-bond donors (Lipinski definition) is 0. The molecule has 2 fully saturated rings. The van der Waals surface area contributed by atoms with E-state index >= 15 is 0 Å². The maximum Gasteiger partial charge on any atom is 0.243 e. The predicted octanol–water partition coefficient (Wildman–Crippen LogP) is 3.50. The molecule has 0 N–H and O–H groups in total. The van der Waals surface area contributed by atoms with Crippen molar-refractivity contribution in [2.45, 2.75) is 17.7 Å². The largest absolute Gasteiger partial charge is 0.371 e. The zero-order valence-electron chi connectivity index (χ0n) is 19.7. The topological polar surface area (TPSA) is 73.8 Å². The first-order chi connectivity index (χ1) is 17.0. The molecule has 2 saturated heterocycles. The fourth-order valence-corrected chi connectivity index (χ4v) is 6.37. The first-order valence-corrected chi connectivity index (χ1v) is 13.6. The van der Waals surface area contributed by atoms with Crippen molar-refractivity contribution in [2.24, 2.45) is 5.92 Å². The molecular weight excluding hydrogens is 460 g/mol. The third-order valence-electron chi connectivity index (χ3n) is 7.02. The standard InChI is InChI=1S/C27H30N4O3S/c32-27(24-12-16-29(17-13-24)25-10-14-28-15-11-25)30-18-20-31(21-19-30)35(33,34)26-8-6-23(7-9-26)22-4-2-1-3-5-22/h1-11,14-15,24H,12-13,16-21H2. The van der Waals surface area contributed by atoms with Crippen molar-refractivity contribution in [2.75, 3.05) is 44.2 Å². The molecule has 5 rings (SSSR count). The fraction of sp³-hybridized carbons (Fsp3) is 0.333. The van der Waals surface area contributed by atoms with Crippen LogP contribution < -0.4 is 4.90 Å². The third-order valence-corrected chi connectivity index (χ3v) is 8.93. The van der Waals surface area contributed by atoms with E-state index in [1.165, 1.54) is 4.31 Å². The Morgan fingerprint density at radius 1 is 0.743 bits per heavy atom. The highest BCUT2D eigenvalue weighted by Crippen LogP contribution is 2.26. The molecule has 7 nitrogen and oxygen atoms in total. The Labute approximate surface area is 207 Å². The molecule has 3 aromatic rings. The van der Waals surface area contributed by atoms with Crippen molar-refractivity contribution in [3.63, 3.8) is 0 Å². The summed E-state index contributed by atoms with van der Waals surface area (Å²) in [6, 6.07) is 20.9. The molecule has 0 aliphatic carbocycles. The number of aromatic nitrogens is 1. The highest BCUT2D eigenvalue weighted by Gasteiger charge is 2.34. The summed E-state index contributed by atoms with van der Waals surface area (Å²) in [4.78, 5) is 21.6. The number of pyridine rings is 1. The lowest BCUT2D eigenvalue weighted by Crippen LogP contribution is -2.52. The number of rotatable bonds is 5. The van der Waals surface area contributed by atoms with Crippen LogP contribution in [-0.4, -0.2) is 67.8 Å². The molecule has 182 valence electrons. The van der Waals surface area contributed by atoms with E-state index in [1.807, 2.05) is 59.5 Å². The van der Waals surface area contributed by atoms with Gasteiger partial charge in [0.2, 0.25) is 15.9 Å². The molecule has 35 heavy (non-hydrogen) atoms. The van der Waals surface area contributed by atoms with Crippen LogP contribution in [0.5, 0.6) is 0 Å². The van der Waals surface area contributed by atoms with Crippen LogP contribution in [-0.2, 0) is 14.8 Å². The minimum absolute atomic E-state index is 0.00164. The van der Waals surface area contributed by atoms with Crippen LogP contribution in [0.1, 0.15) is 12.8 Å². The first-order valence-electron chi connectivity index (χ1n) is 12.1. The van der Waals surface area contributed by atoms with Gasteiger partial charge in [0.15, 0.2) is 0 Å². The van der Waals surface area contributed by atoms with E-state index in [1.54, 1.807) is 24.5 Å². The molecular formula is C27H30N4O3S. The van der Waals surface area contributed by atoms with E-state index in [-0.39, 0.29) is 11.8 Å². The first kappa shape index (κ1) is 23.5. The molecule has 0 saturated carbocycles. The van der Waals surface area contributed by atoms with E-state index < -0.39 is 10.0 Å². The van der Waals surface area contributed by atoms with E-state index in [4.69, 9.17) is 0 Å². The number of amides is 1. The maximum atomic E-state index is 13.2. The molecule has 1 aromatic heterocycles. The van der Waals surface area contributed by atoms with Gasteiger partial charge in [-0.1, -0.05) is 42.5 Å². The minimum atomic E-state index is -3.59. The number of benzene rings is 2. The van der Waals surface area contributed by atoms with Crippen molar-refractivity contribution in [3.05, 3.63) is 79.1 Å². The van der Waals surface area contributed by atoms with Crippen LogP contribution in [0.2, 0.25) is 0 Å². The summed E-state index contributed by atoms with van der Waals surface area (Å²) in [7, 11) is -3.59. The average molecular weight is 491 g/mol. The number of hydrogen-bond acceptors (Lipinski definition) is 5. The van der Waals surface area contributed by atoms with Gasteiger partial charge in [0.05, 0.1) is 4.90 Å². The van der Waals surface area contributed by atoms with Crippen molar-refractivity contribution < 1.29 is 13.2 Å². The van der Waals surface area contributed by atoms with Gasteiger partial charge in [-0.3, -0.25) is 9.78 Å². The van der Waals surface area contributed by atoms with Gasteiger partial charge in [-0.15, -0.1) is 0 Å². The highest BCUT2D eigenvalue weighted by atomic mass is 32.2. The summed E-state index contributed by atoms with van der Waals surface area (Å²) in [5.74, 6) is 0.158. The normalized spacial score (nSPS) is 17.9. The smallest absolute Gasteiger partial charge is 0.243 e. The van der Waals surface area contributed by atoms with Crippen LogP contribution >= 0.6 is 0 Å². The van der Waals surface area contributed by atoms with Gasteiger partial charge in [-0.2, -0.15) is 4.31 Å². The molecule has 8 heteroatoms. The fourth-order valence-electron chi connectivity index (χ4n) is 4.95. The molecule has 2 aliphatic heterocycles.